The first kappa shape index (κ1) is 20.8. The number of aryl methyl sites for hydroxylation is 2. The molecule has 4 rings (SSSR count). The summed E-state index contributed by atoms with van der Waals surface area (Å²) in [6.45, 7) is 5.12. The average Bonchev–Trinajstić information content (AvgIpc) is 3.47. The summed E-state index contributed by atoms with van der Waals surface area (Å²) >= 11 is 0. The molecule has 0 saturated heterocycles. The molecule has 0 aliphatic rings. The number of nitrogens with one attached hydrogen (secondary N) is 1. The van der Waals surface area contributed by atoms with Crippen LogP contribution in [0.25, 0.3) is 22.6 Å². The number of aromatic amines is 1. The standard InChI is InChI=1S/C23H28N8/c1-3-5-9-20-25-21(10-6-4-2)31(28-20)16-17-11-13-18(14-12-17)22-19(8-7-15-24-22)23-26-29-30-27-23/h7-8,11-15H,3-6,9-10,16H2,1-2H3,(H,26,27,29,30). The molecule has 0 aliphatic carbocycles. The number of rotatable bonds is 10. The highest BCUT2D eigenvalue weighted by Crippen LogP contribution is 2.27. The van der Waals surface area contributed by atoms with Gasteiger partial charge in [-0.2, -0.15) is 10.3 Å². The number of unbranched alkanes of at least 4 members (excludes halogenated alkanes) is 2. The third kappa shape index (κ3) is 5.02. The van der Waals surface area contributed by atoms with E-state index in [1.54, 1.807) is 6.20 Å². The molecule has 8 nitrogen and oxygen atoms in total. The quantitative estimate of drug-likeness (QED) is 0.415. The van der Waals surface area contributed by atoms with Gasteiger partial charge in [-0.3, -0.25) is 4.98 Å². The van der Waals surface area contributed by atoms with E-state index in [1.807, 2.05) is 12.1 Å². The summed E-state index contributed by atoms with van der Waals surface area (Å²) < 4.78 is 2.07. The molecule has 1 aromatic carbocycles. The molecule has 0 aliphatic heterocycles. The lowest BCUT2D eigenvalue weighted by Gasteiger charge is -2.08. The van der Waals surface area contributed by atoms with Crippen LogP contribution in [-0.4, -0.2) is 40.4 Å². The highest BCUT2D eigenvalue weighted by atomic mass is 15.5. The van der Waals surface area contributed by atoms with E-state index in [1.165, 1.54) is 5.56 Å². The summed E-state index contributed by atoms with van der Waals surface area (Å²) in [6.07, 6.45) is 8.25. The Balaban J connectivity index is 1.55. The largest absolute Gasteiger partial charge is 0.255 e. The van der Waals surface area contributed by atoms with E-state index >= 15 is 0 Å². The van der Waals surface area contributed by atoms with E-state index in [9.17, 15) is 0 Å². The summed E-state index contributed by atoms with van der Waals surface area (Å²) in [4.78, 5) is 9.35. The van der Waals surface area contributed by atoms with Crippen LogP contribution in [0, 0.1) is 0 Å². The third-order valence-corrected chi connectivity index (χ3v) is 5.25. The van der Waals surface area contributed by atoms with Crippen molar-refractivity contribution in [3.05, 3.63) is 59.8 Å². The van der Waals surface area contributed by atoms with Crippen molar-refractivity contribution in [1.29, 1.82) is 0 Å². The van der Waals surface area contributed by atoms with Crippen molar-refractivity contribution in [3.8, 4) is 22.6 Å². The predicted octanol–water partition coefficient (Wildman–Crippen LogP) is 4.25. The molecular formula is C23H28N8. The van der Waals surface area contributed by atoms with Gasteiger partial charge in [0.2, 0.25) is 5.82 Å². The zero-order valence-corrected chi connectivity index (χ0v) is 18.1. The van der Waals surface area contributed by atoms with Crippen molar-refractivity contribution in [2.24, 2.45) is 0 Å². The number of tetrazole rings is 1. The summed E-state index contributed by atoms with van der Waals surface area (Å²) in [7, 11) is 0. The van der Waals surface area contributed by atoms with Crippen LogP contribution in [0.4, 0.5) is 0 Å². The molecule has 0 radical (unpaired) electrons. The number of nitrogens with zero attached hydrogens (tertiary/aromatic N) is 7. The second-order valence-corrected chi connectivity index (χ2v) is 7.64. The van der Waals surface area contributed by atoms with Crippen LogP contribution in [0.3, 0.4) is 0 Å². The summed E-state index contributed by atoms with van der Waals surface area (Å²) in [5, 5.41) is 19.2. The van der Waals surface area contributed by atoms with Crippen molar-refractivity contribution >= 4 is 0 Å². The first-order chi connectivity index (χ1) is 15.3. The maximum atomic E-state index is 4.81. The lowest BCUT2D eigenvalue weighted by molar-refractivity contribution is 0.612. The first-order valence-corrected chi connectivity index (χ1v) is 11.0. The maximum Gasteiger partial charge on any atom is 0.206 e. The Kier molecular flexibility index (Phi) is 6.76. The van der Waals surface area contributed by atoms with Gasteiger partial charge >= 0.3 is 0 Å². The molecule has 0 amide bonds. The van der Waals surface area contributed by atoms with E-state index in [0.717, 1.165) is 73.5 Å². The topological polar surface area (TPSA) is 98.1 Å². The number of aromatic nitrogens is 8. The van der Waals surface area contributed by atoms with E-state index in [-0.39, 0.29) is 0 Å². The molecule has 0 bridgehead atoms. The first-order valence-electron chi connectivity index (χ1n) is 11.0. The van der Waals surface area contributed by atoms with E-state index in [4.69, 9.17) is 10.1 Å². The molecule has 4 aromatic rings. The number of hydrogen-bond donors (Lipinski definition) is 1. The highest BCUT2D eigenvalue weighted by Gasteiger charge is 2.13. The number of pyridine rings is 1. The molecule has 0 fully saturated rings. The van der Waals surface area contributed by atoms with E-state index in [0.29, 0.717) is 5.82 Å². The average molecular weight is 417 g/mol. The maximum absolute atomic E-state index is 4.81. The molecule has 160 valence electrons. The molecule has 0 saturated carbocycles. The number of benzene rings is 1. The van der Waals surface area contributed by atoms with Gasteiger partial charge in [0, 0.05) is 30.2 Å². The lowest BCUT2D eigenvalue weighted by atomic mass is 10.0. The van der Waals surface area contributed by atoms with Gasteiger partial charge < -0.3 is 0 Å². The molecule has 3 aromatic heterocycles. The molecule has 31 heavy (non-hydrogen) atoms. The van der Waals surface area contributed by atoms with Crippen LogP contribution in [0.5, 0.6) is 0 Å². The lowest BCUT2D eigenvalue weighted by Crippen LogP contribution is -2.07. The van der Waals surface area contributed by atoms with E-state index in [2.05, 4.69) is 68.4 Å². The molecular weight excluding hydrogens is 388 g/mol. The van der Waals surface area contributed by atoms with Crippen LogP contribution < -0.4 is 0 Å². The Hall–Kier alpha value is -3.42. The van der Waals surface area contributed by atoms with Crippen LogP contribution in [0.1, 0.15) is 56.7 Å². The van der Waals surface area contributed by atoms with Gasteiger partial charge in [0.05, 0.1) is 12.2 Å². The smallest absolute Gasteiger partial charge is 0.206 e. The normalized spacial score (nSPS) is 11.2. The fraction of sp³-hybridized carbons (Fsp3) is 0.391. The molecule has 1 N–H and O–H groups in total. The summed E-state index contributed by atoms with van der Waals surface area (Å²) in [5.41, 5.74) is 3.88. The molecule has 0 atom stereocenters. The van der Waals surface area contributed by atoms with Crippen LogP contribution in [0.2, 0.25) is 0 Å². The summed E-state index contributed by atoms with van der Waals surface area (Å²) in [6, 6.07) is 12.3. The predicted molar refractivity (Wildman–Crippen MR) is 119 cm³/mol. The van der Waals surface area contributed by atoms with Crippen molar-refractivity contribution in [1.82, 2.24) is 40.4 Å². The Morgan fingerprint density at radius 3 is 2.52 bits per heavy atom. The molecule has 0 spiro atoms. The second kappa shape index (κ2) is 10.1. The monoisotopic (exact) mass is 416 g/mol. The van der Waals surface area contributed by atoms with Crippen LogP contribution in [-0.2, 0) is 19.4 Å². The molecule has 0 unspecified atom stereocenters. The zero-order chi connectivity index (χ0) is 21.5. The van der Waals surface area contributed by atoms with Gasteiger partial charge in [-0.15, -0.1) is 10.2 Å². The van der Waals surface area contributed by atoms with Crippen molar-refractivity contribution in [3.63, 3.8) is 0 Å². The molecule has 3 heterocycles. The SMILES string of the molecule is CCCCc1nc(CCCC)n(Cc2ccc(-c3ncccc3-c3nn[nH]n3)cc2)n1. The van der Waals surface area contributed by atoms with Crippen LogP contribution in [0.15, 0.2) is 42.6 Å². The Labute approximate surface area is 182 Å². The minimum absolute atomic E-state index is 0.537. The van der Waals surface area contributed by atoms with Gasteiger partial charge in [0.1, 0.15) is 5.82 Å². The van der Waals surface area contributed by atoms with Crippen LogP contribution >= 0.6 is 0 Å². The summed E-state index contributed by atoms with van der Waals surface area (Å²) in [5.74, 6) is 2.58. The molecule has 8 heteroatoms. The number of H-pyrrole nitrogens is 1. The van der Waals surface area contributed by atoms with Crippen molar-refractivity contribution in [2.45, 2.75) is 58.9 Å². The van der Waals surface area contributed by atoms with Crippen molar-refractivity contribution in [2.75, 3.05) is 0 Å². The second-order valence-electron chi connectivity index (χ2n) is 7.64. The van der Waals surface area contributed by atoms with Crippen molar-refractivity contribution < 1.29 is 0 Å². The van der Waals surface area contributed by atoms with Gasteiger partial charge in [0.15, 0.2) is 5.82 Å². The zero-order valence-electron chi connectivity index (χ0n) is 18.1. The Bertz CT molecular complexity index is 1080. The van der Waals surface area contributed by atoms with Gasteiger partial charge in [-0.25, -0.2) is 9.67 Å². The minimum atomic E-state index is 0.537. The van der Waals surface area contributed by atoms with E-state index < -0.39 is 0 Å². The fourth-order valence-corrected chi connectivity index (χ4v) is 3.55. The third-order valence-electron chi connectivity index (χ3n) is 5.25. The van der Waals surface area contributed by atoms with Gasteiger partial charge in [-0.1, -0.05) is 51.0 Å². The minimum Gasteiger partial charge on any atom is -0.255 e. The Morgan fingerprint density at radius 2 is 1.77 bits per heavy atom. The van der Waals surface area contributed by atoms with Gasteiger partial charge in [0.25, 0.3) is 0 Å². The fourth-order valence-electron chi connectivity index (χ4n) is 3.55. The Morgan fingerprint density at radius 1 is 0.968 bits per heavy atom. The highest BCUT2D eigenvalue weighted by molar-refractivity contribution is 5.76. The van der Waals surface area contributed by atoms with Gasteiger partial charge in [-0.05, 0) is 35.8 Å². The number of hydrogen-bond acceptors (Lipinski definition) is 6.